The maximum Gasteiger partial charge on any atom is 0.224 e. The number of pyridine rings is 1. The minimum Gasteiger partial charge on any atom is -0.497 e. The van der Waals surface area contributed by atoms with E-state index in [0.29, 0.717) is 6.42 Å². The number of benzene rings is 1. The smallest absolute Gasteiger partial charge is 0.224 e. The number of methoxy groups -OCH3 is 1. The normalized spacial score (nSPS) is 24.9. The van der Waals surface area contributed by atoms with Crippen molar-refractivity contribution < 1.29 is 9.53 Å². The fourth-order valence-electron chi connectivity index (χ4n) is 4.25. The zero-order valence-corrected chi connectivity index (χ0v) is 16.8. The van der Waals surface area contributed by atoms with E-state index >= 15 is 0 Å². The second kappa shape index (κ2) is 9.35. The summed E-state index contributed by atoms with van der Waals surface area (Å²) in [6.45, 7) is 1.91. The summed E-state index contributed by atoms with van der Waals surface area (Å²) in [6.07, 6.45) is 7.41. The fourth-order valence-corrected chi connectivity index (χ4v) is 4.25. The van der Waals surface area contributed by atoms with Crippen molar-refractivity contribution >= 4 is 5.91 Å². The molecule has 2 aliphatic heterocycles. The Kier molecular flexibility index (Phi) is 6.39. The van der Waals surface area contributed by atoms with E-state index in [0.717, 1.165) is 43.7 Å². The van der Waals surface area contributed by atoms with Crippen LogP contribution in [0.2, 0.25) is 0 Å². The highest BCUT2D eigenvalue weighted by atomic mass is 16.5. The van der Waals surface area contributed by atoms with Crippen LogP contribution in [0.15, 0.2) is 48.8 Å². The first-order valence-electron chi connectivity index (χ1n) is 10.3. The number of rotatable bonds is 6. The maximum absolute atomic E-state index is 12.5. The SMILES string of the molecule is COc1cccc(CC(=O)NC2CCCN(C3CC(c4ccncc4)NN3)C2)c1. The van der Waals surface area contributed by atoms with E-state index in [1.807, 2.05) is 36.7 Å². The molecule has 2 aliphatic rings. The number of carbonyl (C=O) groups excluding carboxylic acids is 1. The number of nitrogens with one attached hydrogen (secondary N) is 3. The Morgan fingerprint density at radius 3 is 2.97 bits per heavy atom. The van der Waals surface area contributed by atoms with Crippen LogP contribution in [-0.2, 0) is 11.2 Å². The van der Waals surface area contributed by atoms with Gasteiger partial charge in [0.25, 0.3) is 0 Å². The number of hydrogen-bond acceptors (Lipinski definition) is 6. The van der Waals surface area contributed by atoms with Gasteiger partial charge in [-0.05, 0) is 61.2 Å². The molecule has 1 aromatic heterocycles. The molecule has 3 unspecified atom stereocenters. The largest absolute Gasteiger partial charge is 0.497 e. The van der Waals surface area contributed by atoms with Gasteiger partial charge in [-0.2, -0.15) is 0 Å². The van der Waals surface area contributed by atoms with E-state index in [9.17, 15) is 4.79 Å². The first-order chi connectivity index (χ1) is 14.2. The van der Waals surface area contributed by atoms with Gasteiger partial charge < -0.3 is 10.1 Å². The number of hydrazine groups is 1. The highest BCUT2D eigenvalue weighted by Crippen LogP contribution is 2.25. The molecular formula is C22H29N5O2. The molecular weight excluding hydrogens is 366 g/mol. The number of nitrogens with zero attached hydrogens (tertiary/aromatic N) is 2. The standard InChI is InChI=1S/C22H29N5O2/c1-29-19-6-2-4-16(12-19)13-22(28)24-18-5-3-11-27(15-18)21-14-20(25-26-21)17-7-9-23-10-8-17/h2,4,6-10,12,18,20-21,25-26H,3,5,11,13-15H2,1H3,(H,24,28). The number of piperidine rings is 1. The Balaban J connectivity index is 1.29. The zero-order valence-electron chi connectivity index (χ0n) is 16.8. The quantitative estimate of drug-likeness (QED) is 0.692. The molecule has 3 atom stereocenters. The predicted molar refractivity (Wildman–Crippen MR) is 111 cm³/mol. The molecule has 4 rings (SSSR count). The Morgan fingerprint density at radius 2 is 2.14 bits per heavy atom. The van der Waals surface area contributed by atoms with Crippen molar-refractivity contribution in [2.75, 3.05) is 20.2 Å². The van der Waals surface area contributed by atoms with Crippen molar-refractivity contribution in [3.05, 3.63) is 59.9 Å². The van der Waals surface area contributed by atoms with E-state index in [4.69, 9.17) is 4.74 Å². The number of ether oxygens (including phenoxy) is 1. The molecule has 0 spiro atoms. The minimum absolute atomic E-state index is 0.0669. The molecule has 2 fully saturated rings. The van der Waals surface area contributed by atoms with Crippen molar-refractivity contribution in [2.45, 2.75) is 43.9 Å². The minimum atomic E-state index is 0.0669. The predicted octanol–water partition coefficient (Wildman–Crippen LogP) is 1.78. The van der Waals surface area contributed by atoms with Gasteiger partial charge in [-0.25, -0.2) is 10.9 Å². The molecule has 29 heavy (non-hydrogen) atoms. The summed E-state index contributed by atoms with van der Waals surface area (Å²) in [5.41, 5.74) is 9.05. The van der Waals surface area contributed by atoms with Crippen LogP contribution in [-0.4, -0.2) is 48.2 Å². The van der Waals surface area contributed by atoms with Crippen LogP contribution in [0.25, 0.3) is 0 Å². The molecule has 2 saturated heterocycles. The van der Waals surface area contributed by atoms with Crippen molar-refractivity contribution in [1.29, 1.82) is 0 Å². The van der Waals surface area contributed by atoms with E-state index in [2.05, 4.69) is 38.2 Å². The lowest BCUT2D eigenvalue weighted by Crippen LogP contribution is -2.54. The average molecular weight is 396 g/mol. The summed E-state index contributed by atoms with van der Waals surface area (Å²) < 4.78 is 5.24. The van der Waals surface area contributed by atoms with Gasteiger partial charge in [0.15, 0.2) is 0 Å². The van der Waals surface area contributed by atoms with Gasteiger partial charge in [0.05, 0.1) is 19.7 Å². The lowest BCUT2D eigenvalue weighted by molar-refractivity contribution is -0.121. The highest BCUT2D eigenvalue weighted by molar-refractivity contribution is 5.79. The van der Waals surface area contributed by atoms with Crippen LogP contribution in [0.1, 0.15) is 36.4 Å². The van der Waals surface area contributed by atoms with E-state index in [-0.39, 0.29) is 24.2 Å². The van der Waals surface area contributed by atoms with Crippen LogP contribution in [0.4, 0.5) is 0 Å². The molecule has 0 radical (unpaired) electrons. The Morgan fingerprint density at radius 1 is 1.28 bits per heavy atom. The molecule has 3 N–H and O–H groups in total. The van der Waals surface area contributed by atoms with Gasteiger partial charge in [0.2, 0.25) is 5.91 Å². The molecule has 0 aliphatic carbocycles. The van der Waals surface area contributed by atoms with E-state index < -0.39 is 0 Å². The van der Waals surface area contributed by atoms with Crippen LogP contribution >= 0.6 is 0 Å². The molecule has 1 amide bonds. The van der Waals surface area contributed by atoms with Crippen LogP contribution < -0.4 is 20.9 Å². The van der Waals surface area contributed by atoms with E-state index in [1.165, 1.54) is 5.56 Å². The molecule has 154 valence electrons. The third-order valence-corrected chi connectivity index (χ3v) is 5.75. The van der Waals surface area contributed by atoms with Gasteiger partial charge in [-0.3, -0.25) is 14.7 Å². The average Bonchev–Trinajstić information content (AvgIpc) is 3.25. The maximum atomic E-state index is 12.5. The van der Waals surface area contributed by atoms with Gasteiger partial charge in [0.1, 0.15) is 5.75 Å². The third kappa shape index (κ3) is 5.12. The summed E-state index contributed by atoms with van der Waals surface area (Å²) in [6, 6.07) is 12.3. The zero-order chi connectivity index (χ0) is 20.1. The van der Waals surface area contributed by atoms with Crippen molar-refractivity contribution in [1.82, 2.24) is 26.1 Å². The Hall–Kier alpha value is -2.48. The molecule has 0 saturated carbocycles. The summed E-state index contributed by atoms with van der Waals surface area (Å²) in [5, 5.41) is 3.22. The summed E-state index contributed by atoms with van der Waals surface area (Å²) in [4.78, 5) is 19.1. The second-order valence-electron chi connectivity index (χ2n) is 7.80. The Labute approximate surface area is 171 Å². The van der Waals surface area contributed by atoms with Crippen LogP contribution in [0, 0.1) is 0 Å². The van der Waals surface area contributed by atoms with Gasteiger partial charge in [-0.1, -0.05) is 12.1 Å². The van der Waals surface area contributed by atoms with Crippen molar-refractivity contribution in [2.24, 2.45) is 0 Å². The highest BCUT2D eigenvalue weighted by Gasteiger charge is 2.32. The van der Waals surface area contributed by atoms with Gasteiger partial charge in [-0.15, -0.1) is 0 Å². The number of likely N-dealkylation sites (tertiary alicyclic amines) is 1. The monoisotopic (exact) mass is 395 g/mol. The number of amides is 1. The number of carbonyl (C=O) groups is 1. The lowest BCUT2D eigenvalue weighted by atomic mass is 10.0. The molecule has 1 aromatic carbocycles. The summed E-state index contributed by atoms with van der Waals surface area (Å²) in [7, 11) is 1.64. The van der Waals surface area contributed by atoms with Crippen LogP contribution in [0.5, 0.6) is 5.75 Å². The number of hydrogen-bond donors (Lipinski definition) is 3. The van der Waals surface area contributed by atoms with Crippen molar-refractivity contribution in [3.63, 3.8) is 0 Å². The number of aromatic nitrogens is 1. The molecule has 0 bridgehead atoms. The van der Waals surface area contributed by atoms with Crippen molar-refractivity contribution in [3.8, 4) is 5.75 Å². The lowest BCUT2D eigenvalue weighted by Gasteiger charge is -2.36. The van der Waals surface area contributed by atoms with Gasteiger partial charge in [0, 0.05) is 31.0 Å². The Bertz CT molecular complexity index is 816. The second-order valence-corrected chi connectivity index (χ2v) is 7.80. The van der Waals surface area contributed by atoms with Crippen LogP contribution in [0.3, 0.4) is 0 Å². The molecule has 2 aromatic rings. The summed E-state index contributed by atoms with van der Waals surface area (Å²) in [5.74, 6) is 0.847. The molecule has 7 heteroatoms. The third-order valence-electron chi connectivity index (χ3n) is 5.75. The van der Waals surface area contributed by atoms with E-state index in [1.54, 1.807) is 7.11 Å². The molecule has 3 heterocycles. The first kappa shape index (κ1) is 19.8. The molecule has 7 nitrogen and oxygen atoms in total. The topological polar surface area (TPSA) is 78.5 Å². The fraction of sp³-hybridized carbons (Fsp3) is 0.455. The summed E-state index contributed by atoms with van der Waals surface area (Å²) >= 11 is 0. The first-order valence-corrected chi connectivity index (χ1v) is 10.3. The van der Waals surface area contributed by atoms with Gasteiger partial charge >= 0.3 is 0 Å².